The van der Waals surface area contributed by atoms with Gasteiger partial charge in [-0.2, -0.15) is 0 Å². The van der Waals surface area contributed by atoms with Crippen molar-refractivity contribution in [2.24, 2.45) is 0 Å². The lowest BCUT2D eigenvalue weighted by Gasteiger charge is -2.36. The van der Waals surface area contributed by atoms with Gasteiger partial charge in [-0.05, 0) is 57.2 Å². The van der Waals surface area contributed by atoms with Crippen molar-refractivity contribution in [3.05, 3.63) is 22.3 Å². The fraction of sp³-hybridized carbons (Fsp3) is 0.700. The van der Waals surface area contributed by atoms with E-state index in [1.54, 1.807) is 6.92 Å². The minimum Gasteiger partial charge on any atom is -0.481 e. The Hall–Kier alpha value is -2.57. The molecule has 1 atom stereocenters. The van der Waals surface area contributed by atoms with Crippen LogP contribution in [0.5, 0.6) is 11.5 Å². The molecule has 0 saturated carbocycles. The zero-order valence-corrected chi connectivity index (χ0v) is 23.5. The largest absolute Gasteiger partial charge is 0.481 e. The molecule has 0 aromatic heterocycles. The van der Waals surface area contributed by atoms with Crippen LogP contribution in [-0.4, -0.2) is 35.2 Å². The highest BCUT2D eigenvalue weighted by Gasteiger charge is 2.42. The molecule has 1 N–H and O–H groups in total. The summed E-state index contributed by atoms with van der Waals surface area (Å²) >= 11 is 0. The Balaban J connectivity index is 1.87. The number of hydrogen-bond donors (Lipinski definition) is 1. The minimum absolute atomic E-state index is 0.191. The molecular formula is C30H46O7. The maximum absolute atomic E-state index is 12.9. The number of unbranched alkanes of at least 4 members (excludes halogenated alkanes) is 9. The molecule has 0 unspecified atom stereocenters. The molecule has 1 aromatic carbocycles. The van der Waals surface area contributed by atoms with Crippen molar-refractivity contribution in [2.75, 3.05) is 6.61 Å². The first-order valence-electron chi connectivity index (χ1n) is 14.0. The van der Waals surface area contributed by atoms with Gasteiger partial charge in [0.15, 0.2) is 0 Å². The smallest absolute Gasteiger partial charge is 0.350 e. The third-order valence-electron chi connectivity index (χ3n) is 7.41. The first kappa shape index (κ1) is 30.7. The van der Waals surface area contributed by atoms with Crippen molar-refractivity contribution in [1.82, 2.24) is 0 Å². The van der Waals surface area contributed by atoms with Crippen molar-refractivity contribution in [3.8, 4) is 11.5 Å². The van der Waals surface area contributed by atoms with E-state index in [1.807, 2.05) is 20.8 Å². The molecule has 0 fully saturated rings. The molecule has 1 aromatic rings. The lowest BCUT2D eigenvalue weighted by atomic mass is 9.87. The lowest BCUT2D eigenvalue weighted by molar-refractivity contribution is -0.162. The second-order valence-electron chi connectivity index (χ2n) is 10.5. The molecular weight excluding hydrogens is 472 g/mol. The Bertz CT molecular complexity index is 937. The topological polar surface area (TPSA) is 99.1 Å². The Labute approximate surface area is 222 Å². The number of carbonyl (C=O) groups excluding carboxylic acids is 2. The summed E-state index contributed by atoms with van der Waals surface area (Å²) in [5.41, 5.74) is 2.17. The van der Waals surface area contributed by atoms with Crippen LogP contribution in [0.1, 0.15) is 120 Å². The third-order valence-corrected chi connectivity index (χ3v) is 7.41. The van der Waals surface area contributed by atoms with E-state index < -0.39 is 17.5 Å². The minimum atomic E-state index is -1.06. The van der Waals surface area contributed by atoms with E-state index in [2.05, 4.69) is 6.92 Å². The molecule has 0 bridgehead atoms. The van der Waals surface area contributed by atoms with Gasteiger partial charge in [0.2, 0.25) is 5.60 Å². The number of benzene rings is 1. The molecule has 2 rings (SSSR count). The van der Waals surface area contributed by atoms with Crippen LogP contribution in [0.4, 0.5) is 0 Å². The highest BCUT2D eigenvalue weighted by molar-refractivity contribution is 5.81. The molecule has 0 saturated heterocycles. The highest BCUT2D eigenvalue weighted by Crippen LogP contribution is 2.44. The maximum Gasteiger partial charge on any atom is 0.350 e. The van der Waals surface area contributed by atoms with Gasteiger partial charge in [0.25, 0.3) is 0 Å². The fourth-order valence-electron chi connectivity index (χ4n) is 4.81. The second kappa shape index (κ2) is 15.0. The number of fused-ring (bicyclic) bond motifs is 1. The molecule has 7 heteroatoms. The number of carboxylic acid groups (broad SMARTS) is 1. The first-order valence-corrected chi connectivity index (χ1v) is 14.0. The maximum atomic E-state index is 12.9. The number of ether oxygens (including phenoxy) is 3. The van der Waals surface area contributed by atoms with Gasteiger partial charge in [-0.25, -0.2) is 4.79 Å². The van der Waals surface area contributed by atoms with Gasteiger partial charge in [-0.15, -0.1) is 0 Å². The monoisotopic (exact) mass is 518 g/mol. The molecule has 7 nitrogen and oxygen atoms in total. The Morgan fingerprint density at radius 1 is 0.865 bits per heavy atom. The zero-order valence-electron chi connectivity index (χ0n) is 23.5. The number of aliphatic carboxylic acids is 1. The predicted octanol–water partition coefficient (Wildman–Crippen LogP) is 6.93. The van der Waals surface area contributed by atoms with Gasteiger partial charge >= 0.3 is 17.9 Å². The standard InChI is InChI=1S/C30H46O7/c1-6-7-8-9-10-11-12-13-14-15-20-35-29(34)30(5)19-18-24-23(4)27(21(2)22(3)28(24)37-30)36-26(33)17-16-25(31)32/h6-20H2,1-5H3,(H,31,32)/t30-/m1/s1. The number of esters is 2. The first-order chi connectivity index (χ1) is 17.6. The normalized spacial score (nSPS) is 16.6. The number of rotatable bonds is 16. The summed E-state index contributed by atoms with van der Waals surface area (Å²) in [6, 6.07) is 0. The summed E-state index contributed by atoms with van der Waals surface area (Å²) in [6.45, 7) is 10.00. The number of carbonyl (C=O) groups is 3. The molecule has 0 radical (unpaired) electrons. The van der Waals surface area contributed by atoms with E-state index in [9.17, 15) is 14.4 Å². The Morgan fingerprint density at radius 3 is 2.05 bits per heavy atom. The van der Waals surface area contributed by atoms with Crippen molar-refractivity contribution in [3.63, 3.8) is 0 Å². The molecule has 1 aliphatic rings. The van der Waals surface area contributed by atoms with Crippen LogP contribution in [0.2, 0.25) is 0 Å². The van der Waals surface area contributed by atoms with Gasteiger partial charge in [-0.3, -0.25) is 9.59 Å². The quantitative estimate of drug-likeness (QED) is 0.144. The molecule has 0 spiro atoms. The molecule has 37 heavy (non-hydrogen) atoms. The van der Waals surface area contributed by atoms with Crippen molar-refractivity contribution in [1.29, 1.82) is 0 Å². The Morgan fingerprint density at radius 2 is 1.46 bits per heavy atom. The van der Waals surface area contributed by atoms with Gasteiger partial charge in [0, 0.05) is 12.0 Å². The molecule has 0 aliphatic carbocycles. The van der Waals surface area contributed by atoms with Crippen LogP contribution < -0.4 is 9.47 Å². The van der Waals surface area contributed by atoms with E-state index in [4.69, 9.17) is 19.3 Å². The van der Waals surface area contributed by atoms with Crippen LogP contribution in [0.3, 0.4) is 0 Å². The van der Waals surface area contributed by atoms with Gasteiger partial charge in [0.1, 0.15) is 11.5 Å². The predicted molar refractivity (Wildman–Crippen MR) is 143 cm³/mol. The van der Waals surface area contributed by atoms with Crippen LogP contribution in [0.15, 0.2) is 0 Å². The second-order valence-corrected chi connectivity index (χ2v) is 10.5. The van der Waals surface area contributed by atoms with Crippen molar-refractivity contribution >= 4 is 17.9 Å². The van der Waals surface area contributed by atoms with E-state index in [-0.39, 0.29) is 18.8 Å². The van der Waals surface area contributed by atoms with E-state index >= 15 is 0 Å². The summed E-state index contributed by atoms with van der Waals surface area (Å²) in [7, 11) is 0. The van der Waals surface area contributed by atoms with Gasteiger partial charge < -0.3 is 19.3 Å². The summed E-state index contributed by atoms with van der Waals surface area (Å²) in [5.74, 6) is -0.870. The molecule has 0 amide bonds. The molecule has 1 aliphatic heterocycles. The third kappa shape index (κ3) is 9.04. The van der Waals surface area contributed by atoms with Crippen LogP contribution in [0, 0.1) is 20.8 Å². The van der Waals surface area contributed by atoms with Gasteiger partial charge in [-0.1, -0.05) is 64.7 Å². The fourth-order valence-corrected chi connectivity index (χ4v) is 4.81. The number of carboxylic acids is 1. The zero-order chi connectivity index (χ0) is 27.4. The average Bonchev–Trinajstić information content (AvgIpc) is 2.87. The van der Waals surface area contributed by atoms with Crippen LogP contribution in [-0.2, 0) is 25.5 Å². The van der Waals surface area contributed by atoms with Crippen molar-refractivity contribution < 1.29 is 33.7 Å². The van der Waals surface area contributed by atoms with Crippen molar-refractivity contribution in [2.45, 2.75) is 130 Å². The summed E-state index contributed by atoms with van der Waals surface area (Å²) in [4.78, 5) is 35.9. The summed E-state index contributed by atoms with van der Waals surface area (Å²) in [5, 5.41) is 8.81. The molecule has 208 valence electrons. The summed E-state index contributed by atoms with van der Waals surface area (Å²) < 4.78 is 17.4. The average molecular weight is 519 g/mol. The molecule has 1 heterocycles. The van der Waals surface area contributed by atoms with Crippen LogP contribution >= 0.6 is 0 Å². The van der Waals surface area contributed by atoms with Crippen LogP contribution in [0.25, 0.3) is 0 Å². The van der Waals surface area contributed by atoms with E-state index in [0.29, 0.717) is 30.9 Å². The lowest BCUT2D eigenvalue weighted by Crippen LogP contribution is -2.46. The number of hydrogen-bond acceptors (Lipinski definition) is 6. The Kier molecular flexibility index (Phi) is 12.4. The highest BCUT2D eigenvalue weighted by atomic mass is 16.6. The van der Waals surface area contributed by atoms with E-state index in [1.165, 1.54) is 51.4 Å². The van der Waals surface area contributed by atoms with Gasteiger partial charge in [0.05, 0.1) is 19.4 Å². The summed E-state index contributed by atoms with van der Waals surface area (Å²) in [6.07, 6.45) is 12.8. The van der Waals surface area contributed by atoms with E-state index in [0.717, 1.165) is 35.1 Å². The SMILES string of the molecule is CCCCCCCCCCCCOC(=O)[C@@]1(C)CCc2c(C)c(OC(=O)CCC(=O)O)c(C)c(C)c2O1.